The maximum absolute atomic E-state index is 13.0. The molecule has 172 valence electrons. The smallest absolute Gasteiger partial charge is 0.243 e. The summed E-state index contributed by atoms with van der Waals surface area (Å²) in [7, 11) is -3.68. The third kappa shape index (κ3) is 6.76. The first-order valence-electron chi connectivity index (χ1n) is 9.92. The van der Waals surface area contributed by atoms with E-state index < -0.39 is 15.8 Å². The Labute approximate surface area is 190 Å². The molecule has 0 aliphatic carbocycles. The highest BCUT2D eigenvalue weighted by atomic mass is 32.2. The van der Waals surface area contributed by atoms with Gasteiger partial charge in [0.2, 0.25) is 21.8 Å². The van der Waals surface area contributed by atoms with Crippen molar-refractivity contribution in [3.8, 4) is 0 Å². The van der Waals surface area contributed by atoms with Gasteiger partial charge in [0, 0.05) is 25.3 Å². The van der Waals surface area contributed by atoms with E-state index in [1.165, 1.54) is 34.6 Å². The molecule has 2 N–H and O–H groups in total. The summed E-state index contributed by atoms with van der Waals surface area (Å²) in [5, 5.41) is 5.32. The highest BCUT2D eigenvalue weighted by molar-refractivity contribution is 8.00. The second-order valence-corrected chi connectivity index (χ2v) is 9.84. The summed E-state index contributed by atoms with van der Waals surface area (Å²) >= 11 is 1.12. The number of carbonyl (C=O) groups excluding carboxylic acids is 2. The molecule has 0 aromatic heterocycles. The number of anilines is 1. The van der Waals surface area contributed by atoms with Gasteiger partial charge in [-0.1, -0.05) is 18.2 Å². The highest BCUT2D eigenvalue weighted by Gasteiger charge is 2.28. The van der Waals surface area contributed by atoms with E-state index >= 15 is 0 Å². The fraction of sp³-hybridized carbons (Fsp3) is 0.333. The second kappa shape index (κ2) is 11.4. The van der Waals surface area contributed by atoms with Crippen LogP contribution in [0.15, 0.2) is 53.4 Å². The summed E-state index contributed by atoms with van der Waals surface area (Å²) in [6, 6.07) is 11.9. The maximum atomic E-state index is 13.0. The highest BCUT2D eigenvalue weighted by Crippen LogP contribution is 2.21. The zero-order valence-corrected chi connectivity index (χ0v) is 18.9. The Kier molecular flexibility index (Phi) is 8.62. The first-order valence-corrected chi connectivity index (χ1v) is 12.5. The van der Waals surface area contributed by atoms with Crippen LogP contribution in [-0.2, 0) is 30.9 Å². The predicted molar refractivity (Wildman–Crippen MR) is 120 cm³/mol. The molecule has 32 heavy (non-hydrogen) atoms. The summed E-state index contributed by atoms with van der Waals surface area (Å²) in [6.45, 7) is 1.34. The molecule has 1 saturated heterocycles. The molecule has 0 unspecified atom stereocenters. The molecule has 11 heteroatoms. The third-order valence-electron chi connectivity index (χ3n) is 4.63. The van der Waals surface area contributed by atoms with Gasteiger partial charge in [-0.3, -0.25) is 9.59 Å². The van der Waals surface area contributed by atoms with Crippen LogP contribution in [0, 0.1) is 5.82 Å². The van der Waals surface area contributed by atoms with Gasteiger partial charge in [-0.15, -0.1) is 11.8 Å². The Hall–Kier alpha value is -2.47. The molecule has 0 saturated carbocycles. The lowest BCUT2D eigenvalue weighted by molar-refractivity contribution is -0.118. The van der Waals surface area contributed by atoms with Crippen molar-refractivity contribution >= 4 is 39.3 Å². The van der Waals surface area contributed by atoms with Crippen LogP contribution >= 0.6 is 11.8 Å². The van der Waals surface area contributed by atoms with Crippen molar-refractivity contribution in [1.82, 2.24) is 9.62 Å². The van der Waals surface area contributed by atoms with E-state index in [1.54, 1.807) is 18.2 Å². The third-order valence-corrected chi connectivity index (χ3v) is 7.56. The molecule has 1 aliphatic heterocycles. The number of halogens is 1. The van der Waals surface area contributed by atoms with Gasteiger partial charge in [-0.25, -0.2) is 12.8 Å². The van der Waals surface area contributed by atoms with Crippen molar-refractivity contribution in [1.29, 1.82) is 0 Å². The van der Waals surface area contributed by atoms with Crippen molar-refractivity contribution in [3.63, 3.8) is 0 Å². The zero-order chi connectivity index (χ0) is 23.0. The van der Waals surface area contributed by atoms with Gasteiger partial charge < -0.3 is 15.4 Å². The fourth-order valence-corrected chi connectivity index (χ4v) is 5.32. The predicted octanol–water partition coefficient (Wildman–Crippen LogP) is 1.83. The summed E-state index contributed by atoms with van der Waals surface area (Å²) in [5.41, 5.74) is 0.964. The van der Waals surface area contributed by atoms with E-state index in [4.69, 9.17) is 4.74 Å². The van der Waals surface area contributed by atoms with Crippen molar-refractivity contribution in [2.45, 2.75) is 11.4 Å². The maximum Gasteiger partial charge on any atom is 0.243 e. The molecule has 2 amide bonds. The summed E-state index contributed by atoms with van der Waals surface area (Å²) in [4.78, 5) is 24.3. The number of nitrogens with one attached hydrogen (secondary N) is 2. The lowest BCUT2D eigenvalue weighted by Gasteiger charge is -2.27. The monoisotopic (exact) mass is 481 g/mol. The lowest BCUT2D eigenvalue weighted by atomic mass is 10.2. The Morgan fingerprint density at radius 3 is 2.38 bits per heavy atom. The minimum atomic E-state index is -3.68. The van der Waals surface area contributed by atoms with Gasteiger partial charge in [-0.05, 0) is 35.9 Å². The van der Waals surface area contributed by atoms with Crippen LogP contribution in [0.1, 0.15) is 5.56 Å². The van der Waals surface area contributed by atoms with E-state index in [-0.39, 0.29) is 34.8 Å². The van der Waals surface area contributed by atoms with Crippen molar-refractivity contribution < 1.29 is 27.1 Å². The van der Waals surface area contributed by atoms with E-state index in [1.807, 2.05) is 0 Å². The van der Waals surface area contributed by atoms with Crippen LogP contribution in [0.4, 0.5) is 10.1 Å². The summed E-state index contributed by atoms with van der Waals surface area (Å²) in [6.07, 6.45) is 0. The van der Waals surface area contributed by atoms with Crippen LogP contribution in [0.5, 0.6) is 0 Å². The molecule has 0 spiro atoms. The van der Waals surface area contributed by atoms with E-state index in [2.05, 4.69) is 10.6 Å². The number of nitrogens with zero attached hydrogens (tertiary/aromatic N) is 1. The van der Waals surface area contributed by atoms with E-state index in [0.29, 0.717) is 37.6 Å². The number of morpholine rings is 1. The fourth-order valence-electron chi connectivity index (χ4n) is 3.04. The molecule has 0 atom stereocenters. The Bertz CT molecular complexity index is 1040. The van der Waals surface area contributed by atoms with E-state index in [0.717, 1.165) is 11.8 Å². The largest absolute Gasteiger partial charge is 0.379 e. The van der Waals surface area contributed by atoms with Crippen LogP contribution in [-0.4, -0.2) is 62.3 Å². The molecule has 1 aliphatic rings. The van der Waals surface area contributed by atoms with Crippen LogP contribution in [0.3, 0.4) is 0 Å². The number of hydrogen-bond acceptors (Lipinski definition) is 6. The average molecular weight is 482 g/mol. The van der Waals surface area contributed by atoms with Gasteiger partial charge in [-0.2, -0.15) is 4.31 Å². The number of benzene rings is 2. The first-order chi connectivity index (χ1) is 15.4. The first kappa shape index (κ1) is 24.2. The molecule has 0 bridgehead atoms. The van der Waals surface area contributed by atoms with Gasteiger partial charge >= 0.3 is 0 Å². The zero-order valence-electron chi connectivity index (χ0n) is 17.3. The SMILES string of the molecule is O=C(CSCC(=O)Nc1ccc(F)cc1)NCc1ccccc1S(=O)(=O)N1CCOCC1. The Morgan fingerprint density at radius 2 is 1.66 bits per heavy atom. The lowest BCUT2D eigenvalue weighted by Crippen LogP contribution is -2.41. The standard InChI is InChI=1S/C21H24FN3O5S2/c22-17-5-7-18(8-6-17)24-21(27)15-31-14-20(26)23-13-16-3-1-2-4-19(16)32(28,29)25-9-11-30-12-10-25/h1-8H,9-15H2,(H,23,26)(H,24,27). The molecular weight excluding hydrogens is 457 g/mol. The number of sulfonamides is 1. The van der Waals surface area contributed by atoms with Crippen LogP contribution < -0.4 is 10.6 Å². The minimum Gasteiger partial charge on any atom is -0.379 e. The number of rotatable bonds is 9. The topological polar surface area (TPSA) is 105 Å². The molecule has 2 aromatic rings. The van der Waals surface area contributed by atoms with Gasteiger partial charge in [0.25, 0.3) is 0 Å². The second-order valence-electron chi connectivity index (χ2n) is 6.95. The van der Waals surface area contributed by atoms with Crippen LogP contribution in [0.2, 0.25) is 0 Å². The normalized spacial score (nSPS) is 14.7. The molecule has 3 rings (SSSR count). The molecule has 0 radical (unpaired) electrons. The quantitative estimate of drug-likeness (QED) is 0.566. The number of thioether (sulfide) groups is 1. The Morgan fingerprint density at radius 1 is 1.00 bits per heavy atom. The van der Waals surface area contributed by atoms with Crippen molar-refractivity contribution in [2.75, 3.05) is 43.1 Å². The molecule has 2 aromatic carbocycles. The van der Waals surface area contributed by atoms with Gasteiger partial charge in [0.15, 0.2) is 0 Å². The molecular formula is C21H24FN3O5S2. The van der Waals surface area contributed by atoms with Crippen molar-refractivity contribution in [3.05, 3.63) is 59.9 Å². The number of carbonyl (C=O) groups is 2. The summed E-state index contributed by atoms with van der Waals surface area (Å²) in [5.74, 6) is -0.935. The number of hydrogen-bond donors (Lipinski definition) is 2. The Balaban J connectivity index is 1.48. The number of amides is 2. The molecule has 8 nitrogen and oxygen atoms in total. The number of ether oxygens (including phenoxy) is 1. The van der Waals surface area contributed by atoms with Crippen LogP contribution in [0.25, 0.3) is 0 Å². The van der Waals surface area contributed by atoms with E-state index in [9.17, 15) is 22.4 Å². The summed E-state index contributed by atoms with van der Waals surface area (Å²) < 4.78 is 45.4. The minimum absolute atomic E-state index is 0.0369. The van der Waals surface area contributed by atoms with Gasteiger partial charge in [0.05, 0.1) is 29.6 Å². The van der Waals surface area contributed by atoms with Crippen molar-refractivity contribution in [2.24, 2.45) is 0 Å². The average Bonchev–Trinajstić information content (AvgIpc) is 2.80. The molecule has 1 heterocycles. The van der Waals surface area contributed by atoms with Gasteiger partial charge in [0.1, 0.15) is 5.82 Å². The molecule has 1 fully saturated rings.